The number of hydrogen-bond acceptors (Lipinski definition) is 5. The zero-order valence-electron chi connectivity index (χ0n) is 18.0. The number of nitrogens with zero attached hydrogens (tertiary/aromatic N) is 3. The predicted octanol–water partition coefficient (Wildman–Crippen LogP) is 4.38. The van der Waals surface area contributed by atoms with E-state index in [4.69, 9.17) is 0 Å². The van der Waals surface area contributed by atoms with Crippen LogP contribution in [-0.4, -0.2) is 33.1 Å². The van der Waals surface area contributed by atoms with Crippen LogP contribution in [0.3, 0.4) is 0 Å². The van der Waals surface area contributed by atoms with Crippen molar-refractivity contribution in [3.05, 3.63) is 60.2 Å². The van der Waals surface area contributed by atoms with Crippen LogP contribution in [-0.2, 0) is 15.8 Å². The van der Waals surface area contributed by atoms with Gasteiger partial charge in [0.2, 0.25) is 11.8 Å². The van der Waals surface area contributed by atoms with Crippen molar-refractivity contribution in [3.63, 3.8) is 0 Å². The first-order chi connectivity index (χ1) is 15.7. The molecule has 0 radical (unpaired) electrons. The van der Waals surface area contributed by atoms with Gasteiger partial charge in [-0.2, -0.15) is 18.3 Å². The minimum absolute atomic E-state index is 0.0561. The summed E-state index contributed by atoms with van der Waals surface area (Å²) in [5.41, 5.74) is 1.24. The molecule has 33 heavy (non-hydrogen) atoms. The van der Waals surface area contributed by atoms with Gasteiger partial charge in [-0.3, -0.25) is 9.59 Å². The van der Waals surface area contributed by atoms with Crippen LogP contribution in [0, 0.1) is 6.92 Å². The molecule has 1 aromatic heterocycles. The highest BCUT2D eigenvalue weighted by molar-refractivity contribution is 5.96. The lowest BCUT2D eigenvalue weighted by Gasteiger charge is -2.16. The number of nitrogens with one attached hydrogen (secondary N) is 3. The number of alkyl halides is 3. The Balaban J connectivity index is 1.74. The minimum Gasteiger partial charge on any atom is -0.376 e. The Labute approximate surface area is 188 Å². The number of carbonyl (C=O) groups is 2. The van der Waals surface area contributed by atoms with E-state index < -0.39 is 17.6 Å². The standard InChI is InChI=1S/C22H23F3N6O2/c1-3-5-20(32)29-17-7-4-6-16(14(17)2)27-11-21(33)30-18-10-15(22(23,24)25)8-9-19(18)31-13-26-12-28-31/h4,6-10,12-13,27H,3,5,11H2,1-2H3,(H,29,32)(H,30,33). The Bertz CT molecular complexity index is 1130. The Kier molecular flexibility index (Phi) is 7.31. The molecule has 0 saturated heterocycles. The van der Waals surface area contributed by atoms with Crippen molar-refractivity contribution < 1.29 is 22.8 Å². The third-order valence-electron chi connectivity index (χ3n) is 4.79. The quantitative estimate of drug-likeness (QED) is 0.463. The molecule has 0 bridgehead atoms. The third kappa shape index (κ3) is 6.09. The van der Waals surface area contributed by atoms with Crippen LogP contribution in [0.2, 0.25) is 0 Å². The van der Waals surface area contributed by atoms with Crippen molar-refractivity contribution in [2.75, 3.05) is 22.5 Å². The summed E-state index contributed by atoms with van der Waals surface area (Å²) in [5.74, 6) is -0.670. The molecule has 2 aromatic carbocycles. The Morgan fingerprint density at radius 1 is 1.03 bits per heavy atom. The zero-order chi connectivity index (χ0) is 24.0. The summed E-state index contributed by atoms with van der Waals surface area (Å²) in [6.07, 6.45) is -0.907. The maximum absolute atomic E-state index is 13.2. The van der Waals surface area contributed by atoms with E-state index in [-0.39, 0.29) is 23.8 Å². The second-order valence-corrected chi connectivity index (χ2v) is 7.25. The van der Waals surface area contributed by atoms with Gasteiger partial charge in [0.15, 0.2) is 0 Å². The van der Waals surface area contributed by atoms with Gasteiger partial charge in [-0.25, -0.2) is 9.67 Å². The van der Waals surface area contributed by atoms with E-state index in [0.717, 1.165) is 24.1 Å². The molecule has 8 nitrogen and oxygen atoms in total. The lowest BCUT2D eigenvalue weighted by Crippen LogP contribution is -2.23. The van der Waals surface area contributed by atoms with Gasteiger partial charge in [0.1, 0.15) is 12.7 Å². The zero-order valence-corrected chi connectivity index (χ0v) is 18.0. The normalized spacial score (nSPS) is 11.2. The summed E-state index contributed by atoms with van der Waals surface area (Å²) in [7, 11) is 0. The lowest BCUT2D eigenvalue weighted by molar-refractivity contribution is -0.137. The van der Waals surface area contributed by atoms with Crippen molar-refractivity contribution in [3.8, 4) is 5.69 Å². The van der Waals surface area contributed by atoms with Crippen LogP contribution in [0.25, 0.3) is 5.69 Å². The van der Waals surface area contributed by atoms with E-state index in [1.54, 1.807) is 25.1 Å². The average molecular weight is 460 g/mol. The van der Waals surface area contributed by atoms with Crippen molar-refractivity contribution in [2.24, 2.45) is 0 Å². The molecule has 0 atom stereocenters. The molecule has 0 saturated carbocycles. The molecule has 3 N–H and O–H groups in total. The number of aromatic nitrogens is 3. The van der Waals surface area contributed by atoms with Crippen LogP contribution in [0.15, 0.2) is 49.1 Å². The van der Waals surface area contributed by atoms with Crippen LogP contribution >= 0.6 is 0 Å². The molecule has 3 aromatic rings. The second kappa shape index (κ2) is 10.2. The van der Waals surface area contributed by atoms with Crippen molar-refractivity contribution in [1.29, 1.82) is 0 Å². The Morgan fingerprint density at radius 3 is 2.42 bits per heavy atom. The Morgan fingerprint density at radius 2 is 1.76 bits per heavy atom. The summed E-state index contributed by atoms with van der Waals surface area (Å²) >= 11 is 0. The average Bonchev–Trinajstić information content (AvgIpc) is 3.28. The first kappa shape index (κ1) is 23.8. The molecule has 0 spiro atoms. The highest BCUT2D eigenvalue weighted by Gasteiger charge is 2.31. The van der Waals surface area contributed by atoms with Crippen LogP contribution in [0.1, 0.15) is 30.9 Å². The van der Waals surface area contributed by atoms with E-state index in [1.165, 1.54) is 23.4 Å². The minimum atomic E-state index is -4.57. The molecule has 0 aliphatic carbocycles. The molecule has 2 amide bonds. The Hall–Kier alpha value is -3.89. The number of carbonyl (C=O) groups excluding carboxylic acids is 2. The largest absolute Gasteiger partial charge is 0.416 e. The molecule has 0 unspecified atom stereocenters. The van der Waals surface area contributed by atoms with Gasteiger partial charge in [0.25, 0.3) is 0 Å². The number of benzene rings is 2. The van der Waals surface area contributed by atoms with E-state index in [2.05, 4.69) is 26.0 Å². The van der Waals surface area contributed by atoms with Gasteiger partial charge in [0, 0.05) is 17.8 Å². The fourth-order valence-electron chi connectivity index (χ4n) is 3.12. The number of amides is 2. The number of hydrogen-bond donors (Lipinski definition) is 3. The molecule has 0 fully saturated rings. The maximum Gasteiger partial charge on any atom is 0.416 e. The summed E-state index contributed by atoms with van der Waals surface area (Å²) in [6, 6.07) is 8.19. The maximum atomic E-state index is 13.2. The van der Waals surface area contributed by atoms with E-state index in [0.29, 0.717) is 17.8 Å². The van der Waals surface area contributed by atoms with E-state index in [9.17, 15) is 22.8 Å². The third-order valence-corrected chi connectivity index (χ3v) is 4.79. The molecule has 0 aliphatic rings. The summed E-state index contributed by atoms with van der Waals surface area (Å²) in [5, 5.41) is 12.2. The first-order valence-corrected chi connectivity index (χ1v) is 10.2. The van der Waals surface area contributed by atoms with Gasteiger partial charge < -0.3 is 16.0 Å². The summed E-state index contributed by atoms with van der Waals surface area (Å²) in [6.45, 7) is 3.49. The number of anilines is 3. The van der Waals surface area contributed by atoms with Crippen LogP contribution < -0.4 is 16.0 Å². The van der Waals surface area contributed by atoms with Crippen molar-refractivity contribution in [1.82, 2.24) is 14.8 Å². The molecular formula is C22H23F3N6O2. The highest BCUT2D eigenvalue weighted by Crippen LogP contribution is 2.33. The molecule has 0 aliphatic heterocycles. The van der Waals surface area contributed by atoms with Gasteiger partial charge in [0.05, 0.1) is 23.5 Å². The topological polar surface area (TPSA) is 101 Å². The van der Waals surface area contributed by atoms with Crippen molar-refractivity contribution in [2.45, 2.75) is 32.9 Å². The van der Waals surface area contributed by atoms with Gasteiger partial charge in [-0.15, -0.1) is 0 Å². The van der Waals surface area contributed by atoms with Gasteiger partial charge >= 0.3 is 6.18 Å². The molecule has 3 rings (SSSR count). The SMILES string of the molecule is CCCC(=O)Nc1cccc(NCC(=O)Nc2cc(C(F)(F)F)ccc2-n2cncn2)c1C. The summed E-state index contributed by atoms with van der Waals surface area (Å²) < 4.78 is 40.8. The van der Waals surface area contributed by atoms with Crippen LogP contribution in [0.4, 0.5) is 30.2 Å². The second-order valence-electron chi connectivity index (χ2n) is 7.25. The smallest absolute Gasteiger partial charge is 0.376 e. The lowest BCUT2D eigenvalue weighted by atomic mass is 10.1. The number of rotatable bonds is 8. The molecule has 1 heterocycles. The van der Waals surface area contributed by atoms with Crippen molar-refractivity contribution >= 4 is 28.9 Å². The van der Waals surface area contributed by atoms with E-state index >= 15 is 0 Å². The summed E-state index contributed by atoms with van der Waals surface area (Å²) in [4.78, 5) is 28.2. The van der Waals surface area contributed by atoms with E-state index in [1.807, 2.05) is 6.92 Å². The molecular weight excluding hydrogens is 437 g/mol. The molecule has 174 valence electrons. The number of halogens is 3. The first-order valence-electron chi connectivity index (χ1n) is 10.2. The fourth-order valence-corrected chi connectivity index (χ4v) is 3.12. The predicted molar refractivity (Wildman–Crippen MR) is 118 cm³/mol. The fraction of sp³-hybridized carbons (Fsp3) is 0.273. The van der Waals surface area contributed by atoms with Crippen LogP contribution in [0.5, 0.6) is 0 Å². The van der Waals surface area contributed by atoms with Gasteiger partial charge in [-0.1, -0.05) is 13.0 Å². The van der Waals surface area contributed by atoms with Gasteiger partial charge in [-0.05, 0) is 49.2 Å². The highest BCUT2D eigenvalue weighted by atomic mass is 19.4. The molecule has 11 heteroatoms. The monoisotopic (exact) mass is 460 g/mol.